The molecular weight excluding hydrogens is 481 g/mol. The van der Waals surface area contributed by atoms with Crippen molar-refractivity contribution in [2.45, 2.75) is 28.5 Å². The Morgan fingerprint density at radius 3 is 2.12 bits per heavy atom. The molecule has 1 amide bonds. The fourth-order valence-corrected chi connectivity index (χ4v) is 4.52. The van der Waals surface area contributed by atoms with Gasteiger partial charge in [-0.05, 0) is 55.5 Å². The average molecular weight is 499 g/mol. The third-order valence-electron chi connectivity index (χ3n) is 4.82. The maximum atomic E-state index is 13.5. The molecule has 0 bridgehead atoms. The lowest BCUT2D eigenvalue weighted by Gasteiger charge is -2.32. The summed E-state index contributed by atoms with van der Waals surface area (Å²) in [6, 6.07) is 15.7. The number of nitrogens with zero attached hydrogens (tertiary/aromatic N) is 1. The number of amides is 1. The van der Waals surface area contributed by atoms with Crippen LogP contribution in [0, 0.1) is 0 Å². The molecule has 1 atom stereocenters. The largest absolute Gasteiger partial charge is 0.426 e. The van der Waals surface area contributed by atoms with Gasteiger partial charge in [0.15, 0.2) is 0 Å². The first kappa shape index (κ1) is 24.6. The van der Waals surface area contributed by atoms with Crippen LogP contribution >= 0.6 is 11.6 Å². The van der Waals surface area contributed by atoms with Gasteiger partial charge >= 0.3 is 6.18 Å². The summed E-state index contributed by atoms with van der Waals surface area (Å²) < 4.78 is 66.5. The number of hydrogen-bond acceptors (Lipinski definition) is 5. The summed E-state index contributed by atoms with van der Waals surface area (Å²) >= 11 is 6.13. The molecule has 0 aliphatic carbocycles. The number of carbonyl (C=O) groups excluding carboxylic acids is 1. The van der Waals surface area contributed by atoms with Crippen molar-refractivity contribution >= 4 is 44.4 Å². The van der Waals surface area contributed by atoms with Crippen molar-refractivity contribution in [3.05, 3.63) is 77.8 Å². The van der Waals surface area contributed by atoms with Crippen LogP contribution in [-0.2, 0) is 14.6 Å². The van der Waals surface area contributed by atoms with Gasteiger partial charge in [-0.25, -0.2) is 8.42 Å². The minimum Gasteiger partial charge on any atom is -0.399 e. The first-order valence-electron chi connectivity index (χ1n) is 9.35. The molecule has 0 saturated carbocycles. The Morgan fingerprint density at radius 2 is 1.55 bits per heavy atom. The van der Waals surface area contributed by atoms with Gasteiger partial charge in [0.25, 0.3) is 5.91 Å². The summed E-state index contributed by atoms with van der Waals surface area (Å²) in [5.41, 5.74) is 1.66. The number of nitrogens with two attached hydrogens (primary N) is 1. The minimum atomic E-state index is -5.31. The molecule has 0 radical (unpaired) electrons. The van der Waals surface area contributed by atoms with Crippen molar-refractivity contribution in [2.24, 2.45) is 0 Å². The highest BCUT2D eigenvalue weighted by Crippen LogP contribution is 2.39. The Balaban J connectivity index is 2.21. The van der Waals surface area contributed by atoms with E-state index >= 15 is 0 Å². The van der Waals surface area contributed by atoms with Crippen LogP contribution < -0.4 is 10.6 Å². The highest BCUT2D eigenvalue weighted by atomic mass is 35.5. The van der Waals surface area contributed by atoms with E-state index in [1.54, 1.807) is 0 Å². The molecule has 174 valence electrons. The number of nitrogen functional groups attached to an aromatic ring is 1. The lowest BCUT2D eigenvalue weighted by Crippen LogP contribution is -2.55. The molecule has 0 aliphatic rings. The lowest BCUT2D eigenvalue weighted by molar-refractivity contribution is -0.243. The molecule has 3 N–H and O–H groups in total. The zero-order valence-electron chi connectivity index (χ0n) is 17.0. The molecule has 3 aromatic carbocycles. The zero-order valence-corrected chi connectivity index (χ0v) is 18.6. The predicted molar refractivity (Wildman–Crippen MR) is 118 cm³/mol. The zero-order chi connectivity index (χ0) is 24.6. The molecular formula is C22H18ClF3N2O4S. The summed E-state index contributed by atoms with van der Waals surface area (Å²) in [4.78, 5) is 13.1. The highest BCUT2D eigenvalue weighted by Gasteiger charge is 2.57. The van der Waals surface area contributed by atoms with E-state index in [4.69, 9.17) is 17.3 Å². The van der Waals surface area contributed by atoms with Crippen molar-refractivity contribution in [2.75, 3.05) is 10.6 Å². The van der Waals surface area contributed by atoms with Gasteiger partial charge in [-0.1, -0.05) is 35.9 Å². The number of anilines is 3. The van der Waals surface area contributed by atoms with E-state index in [1.165, 1.54) is 66.7 Å². The second-order valence-electron chi connectivity index (χ2n) is 7.24. The molecule has 11 heteroatoms. The molecule has 0 fully saturated rings. The van der Waals surface area contributed by atoms with Crippen LogP contribution in [-0.4, -0.2) is 31.2 Å². The Bertz CT molecular complexity index is 1310. The number of rotatable bonds is 5. The molecule has 33 heavy (non-hydrogen) atoms. The number of alkyl halides is 3. The molecule has 3 rings (SSSR count). The summed E-state index contributed by atoms with van der Waals surface area (Å²) in [5.74, 6) is -1.76. The SMILES string of the molecule is CC(O)(C(=O)N(c1cccc(S(=O)(=O)c2cccc(N)c2)c1)c1ccccc1Cl)C(F)(F)F. The van der Waals surface area contributed by atoms with Gasteiger partial charge in [0, 0.05) is 5.69 Å². The van der Waals surface area contributed by atoms with E-state index in [0.717, 1.165) is 6.07 Å². The van der Waals surface area contributed by atoms with E-state index in [9.17, 15) is 31.5 Å². The van der Waals surface area contributed by atoms with Gasteiger partial charge in [-0.15, -0.1) is 0 Å². The van der Waals surface area contributed by atoms with E-state index < -0.39 is 27.5 Å². The highest BCUT2D eigenvalue weighted by molar-refractivity contribution is 7.91. The third kappa shape index (κ3) is 4.68. The summed E-state index contributed by atoms with van der Waals surface area (Å²) in [5, 5.41) is 9.96. The van der Waals surface area contributed by atoms with Gasteiger partial charge in [-0.2, -0.15) is 13.2 Å². The summed E-state index contributed by atoms with van der Waals surface area (Å²) in [7, 11) is -4.14. The van der Waals surface area contributed by atoms with E-state index in [0.29, 0.717) is 11.8 Å². The smallest absolute Gasteiger partial charge is 0.399 e. The third-order valence-corrected chi connectivity index (χ3v) is 6.89. The van der Waals surface area contributed by atoms with Crippen molar-refractivity contribution < 1.29 is 31.5 Å². The molecule has 0 heterocycles. The van der Waals surface area contributed by atoms with Gasteiger partial charge < -0.3 is 10.8 Å². The minimum absolute atomic E-state index is 0.0899. The van der Waals surface area contributed by atoms with Crippen LogP contribution in [0.1, 0.15) is 6.92 Å². The molecule has 3 aromatic rings. The summed E-state index contributed by atoms with van der Waals surface area (Å²) in [6.45, 7) is 0.312. The molecule has 1 unspecified atom stereocenters. The predicted octanol–water partition coefficient (Wildman–Crippen LogP) is 4.73. The number of aliphatic hydroxyl groups is 1. The number of para-hydroxylation sites is 1. The van der Waals surface area contributed by atoms with Gasteiger partial charge in [0.05, 0.1) is 26.2 Å². The quantitative estimate of drug-likeness (QED) is 0.495. The summed E-state index contributed by atoms with van der Waals surface area (Å²) in [6.07, 6.45) is -5.31. The van der Waals surface area contributed by atoms with Crippen LogP contribution in [0.2, 0.25) is 5.02 Å². The Morgan fingerprint density at radius 1 is 0.970 bits per heavy atom. The Kier molecular flexibility index (Phi) is 6.47. The monoisotopic (exact) mass is 498 g/mol. The van der Waals surface area contributed by atoms with Crippen molar-refractivity contribution in [1.29, 1.82) is 0 Å². The average Bonchev–Trinajstić information content (AvgIpc) is 2.74. The number of halogens is 4. The van der Waals surface area contributed by atoms with Crippen molar-refractivity contribution in [3.8, 4) is 0 Å². The Labute approximate surface area is 192 Å². The maximum absolute atomic E-state index is 13.5. The van der Waals surface area contributed by atoms with Gasteiger partial charge in [0.2, 0.25) is 15.4 Å². The normalized spacial score (nSPS) is 13.9. The van der Waals surface area contributed by atoms with Gasteiger partial charge in [-0.3, -0.25) is 9.69 Å². The Hall–Kier alpha value is -3.08. The van der Waals surface area contributed by atoms with E-state index in [1.807, 2.05) is 0 Å². The molecule has 0 aliphatic heterocycles. The second-order valence-corrected chi connectivity index (χ2v) is 9.59. The van der Waals surface area contributed by atoms with Crippen LogP contribution in [0.3, 0.4) is 0 Å². The number of hydrogen-bond donors (Lipinski definition) is 2. The first-order valence-corrected chi connectivity index (χ1v) is 11.2. The van der Waals surface area contributed by atoms with Gasteiger partial charge in [0.1, 0.15) is 0 Å². The maximum Gasteiger partial charge on any atom is 0.426 e. The molecule has 0 saturated heterocycles. The fraction of sp³-hybridized carbons (Fsp3) is 0.136. The van der Waals surface area contributed by atoms with Crippen molar-refractivity contribution in [1.82, 2.24) is 0 Å². The lowest BCUT2D eigenvalue weighted by atomic mass is 10.0. The number of carbonyl (C=O) groups is 1. The van der Waals surface area contributed by atoms with Crippen molar-refractivity contribution in [3.63, 3.8) is 0 Å². The van der Waals surface area contributed by atoms with Crippen LogP contribution in [0.15, 0.2) is 82.6 Å². The fourth-order valence-electron chi connectivity index (χ4n) is 2.95. The van der Waals surface area contributed by atoms with Crippen LogP contribution in [0.25, 0.3) is 0 Å². The van der Waals surface area contributed by atoms with E-state index in [2.05, 4.69) is 0 Å². The topological polar surface area (TPSA) is 101 Å². The van der Waals surface area contributed by atoms with E-state index in [-0.39, 0.29) is 31.9 Å². The van der Waals surface area contributed by atoms with Crippen LogP contribution in [0.5, 0.6) is 0 Å². The first-order chi connectivity index (χ1) is 15.3. The standard InChI is InChI=1S/C22H18ClF3N2O4S/c1-21(30,22(24,25)26)20(29)28(19-11-3-2-10-18(19)23)15-7-5-9-17(13-15)33(31,32)16-8-4-6-14(27)12-16/h2-13,30H,27H2,1H3. The number of benzene rings is 3. The number of sulfone groups is 1. The molecule has 0 spiro atoms. The second kappa shape index (κ2) is 8.69. The van der Waals surface area contributed by atoms with Crippen LogP contribution in [0.4, 0.5) is 30.2 Å². The molecule has 0 aromatic heterocycles. The molecule has 6 nitrogen and oxygen atoms in total.